The summed E-state index contributed by atoms with van der Waals surface area (Å²) in [5.74, 6) is 1.44. The minimum atomic E-state index is -0.0847. The SMILES string of the molecule is COCCc1nc(CNC(=O)N2CCCC(Cn3ccnc3)C2)no1. The number of nitrogens with one attached hydrogen (secondary N) is 1. The van der Waals surface area contributed by atoms with Crippen LogP contribution in [0.15, 0.2) is 23.2 Å². The Labute approximate surface area is 146 Å². The molecule has 0 aliphatic carbocycles. The molecule has 1 fully saturated rings. The fourth-order valence-corrected chi connectivity index (χ4v) is 3.01. The van der Waals surface area contributed by atoms with Crippen LogP contribution in [-0.2, 0) is 24.2 Å². The highest BCUT2D eigenvalue weighted by Gasteiger charge is 2.24. The molecular weight excluding hydrogens is 324 g/mol. The number of piperidine rings is 1. The summed E-state index contributed by atoms with van der Waals surface area (Å²) in [7, 11) is 1.62. The fourth-order valence-electron chi connectivity index (χ4n) is 3.01. The number of imidazole rings is 1. The molecule has 2 amide bonds. The lowest BCUT2D eigenvalue weighted by Gasteiger charge is -2.32. The summed E-state index contributed by atoms with van der Waals surface area (Å²) in [5, 5.41) is 6.73. The van der Waals surface area contributed by atoms with Crippen molar-refractivity contribution in [3.8, 4) is 0 Å². The van der Waals surface area contributed by atoms with E-state index in [0.29, 0.717) is 30.7 Å². The van der Waals surface area contributed by atoms with Gasteiger partial charge in [-0.15, -0.1) is 0 Å². The topological polar surface area (TPSA) is 98.3 Å². The molecule has 9 nitrogen and oxygen atoms in total. The van der Waals surface area contributed by atoms with Crippen LogP contribution in [0.3, 0.4) is 0 Å². The van der Waals surface area contributed by atoms with Crippen molar-refractivity contribution < 1.29 is 14.1 Å². The number of urea groups is 1. The maximum atomic E-state index is 12.4. The first-order valence-corrected chi connectivity index (χ1v) is 8.53. The molecular formula is C16H24N6O3. The number of rotatable bonds is 7. The molecule has 0 spiro atoms. The maximum absolute atomic E-state index is 12.4. The van der Waals surface area contributed by atoms with Crippen LogP contribution >= 0.6 is 0 Å². The highest BCUT2D eigenvalue weighted by atomic mass is 16.5. The van der Waals surface area contributed by atoms with E-state index in [1.165, 1.54) is 0 Å². The number of carbonyl (C=O) groups is 1. The third kappa shape index (κ3) is 5.02. The molecule has 1 aliphatic rings. The lowest BCUT2D eigenvalue weighted by atomic mass is 9.98. The molecule has 136 valence electrons. The Hall–Kier alpha value is -2.42. The van der Waals surface area contributed by atoms with Crippen molar-refractivity contribution in [2.24, 2.45) is 5.92 Å². The van der Waals surface area contributed by atoms with E-state index in [-0.39, 0.29) is 12.6 Å². The lowest BCUT2D eigenvalue weighted by Crippen LogP contribution is -2.46. The first-order valence-electron chi connectivity index (χ1n) is 8.53. The third-order valence-electron chi connectivity index (χ3n) is 4.26. The van der Waals surface area contributed by atoms with Gasteiger partial charge in [0.25, 0.3) is 0 Å². The van der Waals surface area contributed by atoms with E-state index < -0.39 is 0 Å². The minimum Gasteiger partial charge on any atom is -0.384 e. The predicted molar refractivity (Wildman–Crippen MR) is 88.6 cm³/mol. The number of methoxy groups -OCH3 is 1. The molecule has 1 N–H and O–H groups in total. The van der Waals surface area contributed by atoms with Crippen LogP contribution in [0, 0.1) is 5.92 Å². The van der Waals surface area contributed by atoms with Gasteiger partial charge in [-0.2, -0.15) is 4.98 Å². The first-order chi connectivity index (χ1) is 12.2. The van der Waals surface area contributed by atoms with Crippen molar-refractivity contribution in [2.45, 2.75) is 32.4 Å². The van der Waals surface area contributed by atoms with Gasteiger partial charge in [0, 0.05) is 39.1 Å². The standard InChI is InChI=1S/C16H24N6O3/c1-24-8-4-15-19-14(20-25-15)9-18-16(23)22-6-2-3-13(11-22)10-21-7-5-17-12-21/h5,7,12-13H,2-4,6,8-11H2,1H3,(H,18,23). The summed E-state index contributed by atoms with van der Waals surface area (Å²) in [5.41, 5.74) is 0. The van der Waals surface area contributed by atoms with Gasteiger partial charge in [0.05, 0.1) is 25.9 Å². The Morgan fingerprint density at radius 2 is 2.44 bits per heavy atom. The van der Waals surface area contributed by atoms with E-state index in [9.17, 15) is 4.79 Å². The molecule has 3 heterocycles. The second-order valence-electron chi connectivity index (χ2n) is 6.22. The van der Waals surface area contributed by atoms with Crippen molar-refractivity contribution in [1.82, 2.24) is 29.9 Å². The van der Waals surface area contributed by atoms with Crippen LogP contribution < -0.4 is 5.32 Å². The molecule has 0 saturated carbocycles. The molecule has 2 aromatic rings. The molecule has 2 aromatic heterocycles. The highest BCUT2D eigenvalue weighted by molar-refractivity contribution is 5.74. The molecule has 0 radical (unpaired) electrons. The summed E-state index contributed by atoms with van der Waals surface area (Å²) in [4.78, 5) is 22.5. The van der Waals surface area contributed by atoms with Crippen LogP contribution in [0.1, 0.15) is 24.6 Å². The molecule has 0 bridgehead atoms. The van der Waals surface area contributed by atoms with Gasteiger partial charge in [0.15, 0.2) is 5.82 Å². The summed E-state index contributed by atoms with van der Waals surface area (Å²) in [6.45, 7) is 3.20. The quantitative estimate of drug-likeness (QED) is 0.804. The Kier molecular flexibility index (Phi) is 5.99. The zero-order chi connectivity index (χ0) is 17.5. The van der Waals surface area contributed by atoms with Gasteiger partial charge in [-0.3, -0.25) is 0 Å². The summed E-state index contributed by atoms with van der Waals surface area (Å²) in [6.07, 6.45) is 8.25. The molecule has 1 saturated heterocycles. The maximum Gasteiger partial charge on any atom is 0.317 e. The number of nitrogens with zero attached hydrogens (tertiary/aromatic N) is 5. The summed E-state index contributed by atoms with van der Waals surface area (Å²) < 4.78 is 12.1. The molecule has 1 aliphatic heterocycles. The second-order valence-corrected chi connectivity index (χ2v) is 6.22. The number of amides is 2. The Morgan fingerprint density at radius 3 is 3.24 bits per heavy atom. The molecule has 1 unspecified atom stereocenters. The number of aromatic nitrogens is 4. The number of hydrogen-bond donors (Lipinski definition) is 1. The molecule has 1 atom stereocenters. The van der Waals surface area contributed by atoms with Gasteiger partial charge in [0.1, 0.15) is 0 Å². The Bertz CT molecular complexity index is 657. The number of ether oxygens (including phenoxy) is 1. The van der Waals surface area contributed by atoms with Crippen molar-refractivity contribution in [1.29, 1.82) is 0 Å². The zero-order valence-corrected chi connectivity index (χ0v) is 14.4. The van der Waals surface area contributed by atoms with Crippen molar-refractivity contribution in [3.63, 3.8) is 0 Å². The highest BCUT2D eigenvalue weighted by Crippen LogP contribution is 2.18. The van der Waals surface area contributed by atoms with Gasteiger partial charge < -0.3 is 24.0 Å². The smallest absolute Gasteiger partial charge is 0.317 e. The number of carbonyl (C=O) groups excluding carboxylic acids is 1. The van der Waals surface area contributed by atoms with Crippen LogP contribution in [0.5, 0.6) is 0 Å². The van der Waals surface area contributed by atoms with Crippen LogP contribution in [-0.4, -0.2) is 57.4 Å². The average molecular weight is 348 g/mol. The normalized spacial score (nSPS) is 17.6. The van der Waals surface area contributed by atoms with E-state index in [1.807, 2.05) is 17.4 Å². The average Bonchev–Trinajstić information content (AvgIpc) is 3.30. The molecule has 3 rings (SSSR count). The first kappa shape index (κ1) is 17.4. The fraction of sp³-hybridized carbons (Fsp3) is 0.625. The molecule has 25 heavy (non-hydrogen) atoms. The largest absolute Gasteiger partial charge is 0.384 e. The van der Waals surface area contributed by atoms with Crippen molar-refractivity contribution >= 4 is 6.03 Å². The summed E-state index contributed by atoms with van der Waals surface area (Å²) in [6, 6.07) is -0.0847. The minimum absolute atomic E-state index is 0.0847. The van der Waals surface area contributed by atoms with Gasteiger partial charge in [-0.25, -0.2) is 9.78 Å². The third-order valence-corrected chi connectivity index (χ3v) is 4.26. The van der Waals surface area contributed by atoms with E-state index in [2.05, 4.69) is 25.0 Å². The Morgan fingerprint density at radius 1 is 1.52 bits per heavy atom. The predicted octanol–water partition coefficient (Wildman–Crippen LogP) is 1.08. The second kappa shape index (κ2) is 8.61. The van der Waals surface area contributed by atoms with Gasteiger partial charge >= 0.3 is 6.03 Å². The van der Waals surface area contributed by atoms with Crippen LogP contribution in [0.25, 0.3) is 0 Å². The van der Waals surface area contributed by atoms with Crippen molar-refractivity contribution in [3.05, 3.63) is 30.4 Å². The van der Waals surface area contributed by atoms with Crippen LogP contribution in [0.4, 0.5) is 4.79 Å². The van der Waals surface area contributed by atoms with Gasteiger partial charge in [-0.05, 0) is 18.8 Å². The summed E-state index contributed by atoms with van der Waals surface area (Å²) >= 11 is 0. The zero-order valence-electron chi connectivity index (χ0n) is 14.4. The van der Waals surface area contributed by atoms with Gasteiger partial charge in [0.2, 0.25) is 5.89 Å². The van der Waals surface area contributed by atoms with E-state index in [0.717, 1.165) is 32.5 Å². The van der Waals surface area contributed by atoms with Crippen molar-refractivity contribution in [2.75, 3.05) is 26.8 Å². The lowest BCUT2D eigenvalue weighted by molar-refractivity contribution is 0.158. The Balaban J connectivity index is 1.45. The van der Waals surface area contributed by atoms with E-state index >= 15 is 0 Å². The van der Waals surface area contributed by atoms with E-state index in [4.69, 9.17) is 9.26 Å². The molecule has 0 aromatic carbocycles. The number of likely N-dealkylation sites (tertiary alicyclic amines) is 1. The molecule has 9 heteroatoms. The number of hydrogen-bond acceptors (Lipinski definition) is 6. The van der Waals surface area contributed by atoms with Gasteiger partial charge in [-0.1, -0.05) is 5.16 Å². The van der Waals surface area contributed by atoms with Crippen LogP contribution in [0.2, 0.25) is 0 Å². The monoisotopic (exact) mass is 348 g/mol. The van der Waals surface area contributed by atoms with E-state index in [1.54, 1.807) is 13.3 Å².